The van der Waals surface area contributed by atoms with E-state index in [1.165, 1.54) is 22.3 Å². The number of hydrogen-bond acceptors (Lipinski definition) is 4. The molecule has 2 aliphatic heterocycles. The average molecular weight is 729 g/mol. The van der Waals surface area contributed by atoms with Crippen molar-refractivity contribution < 1.29 is 5.48 Å². The number of fused-ring (bicyclic) bond motifs is 2. The van der Waals surface area contributed by atoms with Gasteiger partial charge in [-0.3, -0.25) is 9.98 Å². The maximum Gasteiger partial charge on any atom is 0.104 e. The first-order chi connectivity index (χ1) is 20.1. The third-order valence-electron chi connectivity index (χ3n) is 7.46. The van der Waals surface area contributed by atoms with Gasteiger partial charge in [-0.05, 0) is 81.9 Å². The summed E-state index contributed by atoms with van der Waals surface area (Å²) < 4.78 is 0. The van der Waals surface area contributed by atoms with Gasteiger partial charge in [-0.1, -0.05) is 82.8 Å². The zero-order valence-electron chi connectivity index (χ0n) is 25.3. The first kappa shape index (κ1) is 38.7. The number of benzene rings is 4. The predicted octanol–water partition coefficient (Wildman–Crippen LogP) is 9.22. The second kappa shape index (κ2) is 16.9. The molecule has 2 unspecified atom stereocenters. The fourth-order valence-electron chi connectivity index (χ4n) is 5.18. The molecule has 4 aromatic rings. The molecule has 240 valence electrons. The number of nitrogens with zero attached hydrogens (tertiary/aromatic N) is 4. The van der Waals surface area contributed by atoms with Crippen molar-refractivity contribution in [3.05, 3.63) is 138 Å². The van der Waals surface area contributed by atoms with Crippen molar-refractivity contribution >= 4 is 82.9 Å². The van der Waals surface area contributed by atoms with Crippen LogP contribution >= 0.6 is 71.2 Å². The van der Waals surface area contributed by atoms with E-state index in [0.29, 0.717) is 0 Å². The van der Waals surface area contributed by atoms with Crippen LogP contribution in [-0.4, -0.2) is 55.1 Å². The van der Waals surface area contributed by atoms with Crippen LogP contribution in [0.25, 0.3) is 0 Å². The predicted molar refractivity (Wildman–Crippen MR) is 197 cm³/mol. The van der Waals surface area contributed by atoms with Crippen LogP contribution in [0.15, 0.2) is 94.9 Å². The molecular weight excluding hydrogens is 693 g/mol. The van der Waals surface area contributed by atoms with E-state index in [0.717, 1.165) is 55.7 Å². The molecule has 0 spiro atoms. The first-order valence-electron chi connectivity index (χ1n) is 13.6. The molecule has 0 fully saturated rings. The highest BCUT2D eigenvalue weighted by molar-refractivity contribution is 6.31. The molecule has 2 heterocycles. The van der Waals surface area contributed by atoms with Gasteiger partial charge in [0.15, 0.2) is 0 Å². The van der Waals surface area contributed by atoms with Crippen LogP contribution in [0.3, 0.4) is 0 Å². The fraction of sp³-hybridized carbons (Fsp3) is 0.235. The summed E-state index contributed by atoms with van der Waals surface area (Å²) in [5.74, 6) is 2.15. The lowest BCUT2D eigenvalue weighted by Gasteiger charge is -2.28. The standard InChI is InChI=1S/2C17H16Cl2N2.2ClH.H2O/c2*1-21(2)16-9-12-5-8-14(19)10-15(12)17(20-16)11-3-6-13(18)7-4-11;;;/h2*3-8,10,17H,9H2,1-2H3;2*1H;1H2. The van der Waals surface area contributed by atoms with Gasteiger partial charge in [0.1, 0.15) is 23.8 Å². The summed E-state index contributed by atoms with van der Waals surface area (Å²) in [4.78, 5) is 13.9. The SMILES string of the molecule is CN(C)C1=NC(c2ccc(Cl)cc2)c2cc(Cl)ccc2C1.CN(C)C1=NC(c2ccc(Cl)cc2)c2cc(Cl)ccc2C1.Cl.Cl.O. The van der Waals surface area contributed by atoms with Crippen LogP contribution in [0, 0.1) is 0 Å². The third kappa shape index (κ3) is 9.30. The summed E-state index contributed by atoms with van der Waals surface area (Å²) in [5, 5.41) is 2.96. The van der Waals surface area contributed by atoms with Crippen molar-refractivity contribution in [2.75, 3.05) is 28.2 Å². The number of amidine groups is 2. The van der Waals surface area contributed by atoms with Crippen LogP contribution in [0.1, 0.15) is 45.5 Å². The monoisotopic (exact) mass is 726 g/mol. The lowest BCUT2D eigenvalue weighted by Crippen LogP contribution is -2.28. The Morgan fingerprint density at radius 1 is 0.511 bits per heavy atom. The van der Waals surface area contributed by atoms with Crippen molar-refractivity contribution in [2.45, 2.75) is 24.9 Å². The Balaban J connectivity index is 0.000000294. The van der Waals surface area contributed by atoms with Crippen LogP contribution < -0.4 is 0 Å². The van der Waals surface area contributed by atoms with Crippen LogP contribution in [0.5, 0.6) is 0 Å². The minimum absolute atomic E-state index is 0. The Kier molecular flexibility index (Phi) is 14.5. The quantitative estimate of drug-likeness (QED) is 0.207. The summed E-state index contributed by atoms with van der Waals surface area (Å²) >= 11 is 24.3. The Bertz CT molecular complexity index is 1520. The number of aliphatic imine (C=N–C) groups is 2. The van der Waals surface area contributed by atoms with Crippen molar-refractivity contribution in [2.24, 2.45) is 9.98 Å². The van der Waals surface area contributed by atoms with Gasteiger partial charge in [-0.2, -0.15) is 0 Å². The van der Waals surface area contributed by atoms with Crippen molar-refractivity contribution in [3.8, 4) is 0 Å². The summed E-state index contributed by atoms with van der Waals surface area (Å²) in [6.45, 7) is 0. The third-order valence-corrected chi connectivity index (χ3v) is 8.44. The van der Waals surface area contributed by atoms with Crippen molar-refractivity contribution in [3.63, 3.8) is 0 Å². The lowest BCUT2D eigenvalue weighted by molar-refractivity contribution is 0.592. The Labute approximate surface area is 298 Å². The molecule has 6 rings (SSSR count). The molecule has 0 aliphatic carbocycles. The van der Waals surface area contributed by atoms with Gasteiger partial charge in [0.25, 0.3) is 0 Å². The van der Waals surface area contributed by atoms with Gasteiger partial charge in [-0.25, -0.2) is 0 Å². The Morgan fingerprint density at radius 3 is 1.13 bits per heavy atom. The second-order valence-corrected chi connectivity index (χ2v) is 12.6. The van der Waals surface area contributed by atoms with Gasteiger partial charge in [-0.15, -0.1) is 24.8 Å². The van der Waals surface area contributed by atoms with Gasteiger partial charge >= 0.3 is 0 Å². The lowest BCUT2D eigenvalue weighted by atomic mass is 9.90. The minimum Gasteiger partial charge on any atom is -0.412 e. The minimum atomic E-state index is -0.0258. The topological polar surface area (TPSA) is 62.7 Å². The summed E-state index contributed by atoms with van der Waals surface area (Å²) in [7, 11) is 8.11. The molecule has 5 nitrogen and oxygen atoms in total. The second-order valence-electron chi connectivity index (χ2n) is 10.8. The molecule has 0 aromatic heterocycles. The first-order valence-corrected chi connectivity index (χ1v) is 15.2. The van der Waals surface area contributed by atoms with E-state index in [1.54, 1.807) is 0 Å². The molecule has 4 aromatic carbocycles. The molecule has 0 bridgehead atoms. The number of halogens is 6. The molecule has 2 N–H and O–H groups in total. The molecule has 11 heteroatoms. The van der Waals surface area contributed by atoms with E-state index in [9.17, 15) is 0 Å². The van der Waals surface area contributed by atoms with E-state index in [4.69, 9.17) is 56.4 Å². The van der Waals surface area contributed by atoms with E-state index in [-0.39, 0.29) is 42.4 Å². The average Bonchev–Trinajstić information content (AvgIpc) is 2.97. The summed E-state index contributed by atoms with van der Waals surface area (Å²) in [6.07, 6.45) is 1.67. The highest BCUT2D eigenvalue weighted by Gasteiger charge is 2.25. The smallest absolute Gasteiger partial charge is 0.104 e. The van der Waals surface area contributed by atoms with E-state index in [2.05, 4.69) is 21.9 Å². The van der Waals surface area contributed by atoms with E-state index in [1.807, 2.05) is 101 Å². The van der Waals surface area contributed by atoms with Crippen LogP contribution in [0.2, 0.25) is 20.1 Å². The van der Waals surface area contributed by atoms with Crippen molar-refractivity contribution in [1.82, 2.24) is 9.80 Å². The Hall–Kier alpha value is -2.48. The zero-order valence-corrected chi connectivity index (χ0v) is 29.9. The number of hydrogen-bond donors (Lipinski definition) is 0. The van der Waals surface area contributed by atoms with Gasteiger partial charge in [0.05, 0.1) is 0 Å². The normalized spacial score (nSPS) is 16.0. The molecule has 2 aliphatic rings. The molecule has 0 saturated heterocycles. The highest BCUT2D eigenvalue weighted by Crippen LogP contribution is 2.36. The highest BCUT2D eigenvalue weighted by atomic mass is 35.5. The molecule has 0 amide bonds. The van der Waals surface area contributed by atoms with Crippen LogP contribution in [0.4, 0.5) is 0 Å². The van der Waals surface area contributed by atoms with Gasteiger partial charge in [0, 0.05) is 61.1 Å². The maximum absolute atomic E-state index is 6.17. The van der Waals surface area contributed by atoms with Gasteiger partial charge < -0.3 is 15.3 Å². The van der Waals surface area contributed by atoms with E-state index < -0.39 is 0 Å². The summed E-state index contributed by atoms with van der Waals surface area (Å²) in [5.41, 5.74) is 7.16. The number of rotatable bonds is 2. The van der Waals surface area contributed by atoms with Gasteiger partial charge in [0.2, 0.25) is 0 Å². The fourth-order valence-corrected chi connectivity index (χ4v) is 5.79. The Morgan fingerprint density at radius 2 is 0.822 bits per heavy atom. The molecule has 0 radical (unpaired) electrons. The number of likely N-dealkylation sites (N-methyl/N-ethyl adjacent to an activating group) is 2. The van der Waals surface area contributed by atoms with E-state index >= 15 is 0 Å². The largest absolute Gasteiger partial charge is 0.412 e. The summed E-state index contributed by atoms with van der Waals surface area (Å²) in [6, 6.07) is 27.8. The molecule has 2 atom stereocenters. The van der Waals surface area contributed by atoms with Crippen molar-refractivity contribution in [1.29, 1.82) is 0 Å². The molecular formula is C34H36Cl6N4O. The van der Waals surface area contributed by atoms with Crippen LogP contribution in [-0.2, 0) is 12.8 Å². The molecule has 0 saturated carbocycles. The maximum atomic E-state index is 6.17. The molecule has 45 heavy (non-hydrogen) atoms. The zero-order chi connectivity index (χ0) is 30.0.